The van der Waals surface area contributed by atoms with E-state index in [1.807, 2.05) is 17.0 Å². The molecule has 0 aliphatic carbocycles. The highest BCUT2D eigenvalue weighted by Gasteiger charge is 2.05. The van der Waals surface area contributed by atoms with Crippen LogP contribution in [0.25, 0.3) is 6.08 Å². The first kappa shape index (κ1) is 10.4. The van der Waals surface area contributed by atoms with Gasteiger partial charge >= 0.3 is 0 Å². The Kier molecular flexibility index (Phi) is 3.63. The second kappa shape index (κ2) is 4.53. The Bertz CT molecular complexity index is 257. The van der Waals surface area contributed by atoms with Gasteiger partial charge in [-0.25, -0.2) is 4.98 Å². The van der Waals surface area contributed by atoms with Crippen LogP contribution in [0, 0.1) is 0 Å². The van der Waals surface area contributed by atoms with Crippen LogP contribution in [0.4, 0.5) is 0 Å². The summed E-state index contributed by atoms with van der Waals surface area (Å²) in [6.45, 7) is 7.36. The molecular weight excluding hydrogens is 180 g/mol. The van der Waals surface area contributed by atoms with Crippen LogP contribution >= 0.6 is 11.3 Å². The first-order valence-corrected chi connectivity index (χ1v) is 5.32. The third kappa shape index (κ3) is 4.80. The summed E-state index contributed by atoms with van der Waals surface area (Å²) >= 11 is 1.62. The normalized spacial score (nSPS) is 12.5. The first-order valence-electron chi connectivity index (χ1n) is 4.38. The molecule has 1 rings (SSSR count). The molecule has 72 valence electrons. The highest BCUT2D eigenvalue weighted by molar-refractivity contribution is 7.07. The van der Waals surface area contributed by atoms with Gasteiger partial charge in [0.15, 0.2) is 0 Å². The molecule has 2 nitrogen and oxygen atoms in total. The SMILES string of the molecule is CC(C)(C)NC/C=C/c1cscn1. The van der Waals surface area contributed by atoms with Crippen LogP contribution in [0.15, 0.2) is 17.0 Å². The predicted octanol–water partition coefficient (Wildman–Crippen LogP) is 2.54. The van der Waals surface area contributed by atoms with Crippen LogP contribution in [0.3, 0.4) is 0 Å². The van der Waals surface area contributed by atoms with E-state index in [9.17, 15) is 0 Å². The molecule has 0 aromatic carbocycles. The first-order chi connectivity index (χ1) is 6.08. The van der Waals surface area contributed by atoms with E-state index in [4.69, 9.17) is 0 Å². The molecule has 0 aliphatic rings. The lowest BCUT2D eigenvalue weighted by Crippen LogP contribution is -2.35. The summed E-state index contributed by atoms with van der Waals surface area (Å²) in [6.07, 6.45) is 4.13. The van der Waals surface area contributed by atoms with Gasteiger partial charge in [-0.15, -0.1) is 11.3 Å². The summed E-state index contributed by atoms with van der Waals surface area (Å²) in [7, 11) is 0. The van der Waals surface area contributed by atoms with Gasteiger partial charge in [0, 0.05) is 17.5 Å². The lowest BCUT2D eigenvalue weighted by molar-refractivity contribution is 0.450. The lowest BCUT2D eigenvalue weighted by Gasteiger charge is -2.18. The molecule has 0 spiro atoms. The Labute approximate surface area is 83.7 Å². The number of nitrogens with zero attached hydrogens (tertiary/aromatic N) is 1. The molecule has 1 heterocycles. The largest absolute Gasteiger partial charge is 0.309 e. The molecule has 3 heteroatoms. The zero-order valence-corrected chi connectivity index (χ0v) is 9.19. The number of rotatable bonds is 3. The molecule has 0 bridgehead atoms. The minimum absolute atomic E-state index is 0.187. The summed E-state index contributed by atoms with van der Waals surface area (Å²) in [6, 6.07) is 0. The molecule has 1 N–H and O–H groups in total. The molecule has 0 saturated carbocycles. The number of hydrogen-bond acceptors (Lipinski definition) is 3. The molecule has 0 saturated heterocycles. The Morgan fingerprint density at radius 1 is 1.54 bits per heavy atom. The van der Waals surface area contributed by atoms with Crippen molar-refractivity contribution in [1.29, 1.82) is 0 Å². The minimum atomic E-state index is 0.187. The molecule has 0 fully saturated rings. The highest BCUT2D eigenvalue weighted by Crippen LogP contribution is 2.03. The van der Waals surface area contributed by atoms with Crippen molar-refractivity contribution in [2.45, 2.75) is 26.3 Å². The van der Waals surface area contributed by atoms with Gasteiger partial charge in [-0.3, -0.25) is 0 Å². The van der Waals surface area contributed by atoms with E-state index in [0.717, 1.165) is 12.2 Å². The summed E-state index contributed by atoms with van der Waals surface area (Å²) in [5.74, 6) is 0. The van der Waals surface area contributed by atoms with E-state index in [1.54, 1.807) is 11.3 Å². The van der Waals surface area contributed by atoms with Gasteiger partial charge in [-0.1, -0.05) is 6.08 Å². The van der Waals surface area contributed by atoms with Crippen LogP contribution in [0.2, 0.25) is 0 Å². The zero-order valence-electron chi connectivity index (χ0n) is 8.37. The molecule has 0 unspecified atom stereocenters. The minimum Gasteiger partial charge on any atom is -0.309 e. The average Bonchev–Trinajstić information content (AvgIpc) is 2.48. The smallest absolute Gasteiger partial charge is 0.0798 e. The van der Waals surface area contributed by atoms with Crippen LogP contribution in [-0.4, -0.2) is 17.1 Å². The van der Waals surface area contributed by atoms with Crippen molar-refractivity contribution >= 4 is 17.4 Å². The van der Waals surface area contributed by atoms with Gasteiger partial charge in [-0.05, 0) is 26.8 Å². The Morgan fingerprint density at radius 3 is 2.85 bits per heavy atom. The fourth-order valence-electron chi connectivity index (χ4n) is 0.849. The van der Waals surface area contributed by atoms with Gasteiger partial charge in [0.1, 0.15) is 0 Å². The van der Waals surface area contributed by atoms with Crippen LogP contribution in [0.1, 0.15) is 26.5 Å². The zero-order chi connectivity index (χ0) is 9.73. The maximum absolute atomic E-state index is 4.15. The maximum Gasteiger partial charge on any atom is 0.0798 e. The second-order valence-electron chi connectivity index (χ2n) is 3.95. The fourth-order valence-corrected chi connectivity index (χ4v) is 1.37. The van der Waals surface area contributed by atoms with Gasteiger partial charge in [0.05, 0.1) is 11.2 Å². The van der Waals surface area contributed by atoms with Gasteiger partial charge < -0.3 is 5.32 Å². The van der Waals surface area contributed by atoms with E-state index in [1.165, 1.54) is 0 Å². The fraction of sp³-hybridized carbons (Fsp3) is 0.500. The maximum atomic E-state index is 4.15. The summed E-state index contributed by atoms with van der Waals surface area (Å²) in [5, 5.41) is 5.41. The van der Waals surface area contributed by atoms with Crippen molar-refractivity contribution in [3.63, 3.8) is 0 Å². The van der Waals surface area contributed by atoms with Crippen LogP contribution < -0.4 is 5.32 Å². The summed E-state index contributed by atoms with van der Waals surface area (Å²) in [4.78, 5) is 4.15. The highest BCUT2D eigenvalue weighted by atomic mass is 32.1. The molecule has 1 aromatic rings. The molecule has 13 heavy (non-hydrogen) atoms. The Balaban J connectivity index is 2.27. The molecule has 0 radical (unpaired) electrons. The monoisotopic (exact) mass is 196 g/mol. The van der Waals surface area contributed by atoms with Gasteiger partial charge in [0.25, 0.3) is 0 Å². The Morgan fingerprint density at radius 2 is 2.31 bits per heavy atom. The van der Waals surface area contributed by atoms with E-state index < -0.39 is 0 Å². The molecule has 0 aliphatic heterocycles. The van der Waals surface area contributed by atoms with E-state index in [-0.39, 0.29) is 5.54 Å². The van der Waals surface area contributed by atoms with Crippen molar-refractivity contribution < 1.29 is 0 Å². The third-order valence-corrected chi connectivity index (χ3v) is 2.09. The predicted molar refractivity (Wildman–Crippen MR) is 58.9 cm³/mol. The molecule has 0 atom stereocenters. The quantitative estimate of drug-likeness (QED) is 0.803. The Hall–Kier alpha value is -0.670. The number of thiazole rings is 1. The van der Waals surface area contributed by atoms with E-state index >= 15 is 0 Å². The summed E-state index contributed by atoms with van der Waals surface area (Å²) < 4.78 is 0. The topological polar surface area (TPSA) is 24.9 Å². The van der Waals surface area contributed by atoms with E-state index in [2.05, 4.69) is 37.1 Å². The van der Waals surface area contributed by atoms with Gasteiger partial charge in [-0.2, -0.15) is 0 Å². The molecular formula is C10H16N2S. The van der Waals surface area contributed by atoms with Crippen molar-refractivity contribution in [2.75, 3.05) is 6.54 Å². The van der Waals surface area contributed by atoms with Crippen LogP contribution in [-0.2, 0) is 0 Å². The number of hydrogen-bond donors (Lipinski definition) is 1. The molecule has 0 amide bonds. The van der Waals surface area contributed by atoms with Crippen molar-refractivity contribution in [1.82, 2.24) is 10.3 Å². The second-order valence-corrected chi connectivity index (χ2v) is 4.67. The van der Waals surface area contributed by atoms with Crippen molar-refractivity contribution in [3.05, 3.63) is 22.7 Å². The number of nitrogens with one attached hydrogen (secondary N) is 1. The lowest BCUT2D eigenvalue weighted by atomic mass is 10.1. The number of aromatic nitrogens is 1. The third-order valence-electron chi connectivity index (χ3n) is 1.49. The van der Waals surface area contributed by atoms with E-state index in [0.29, 0.717) is 0 Å². The standard InChI is InChI=1S/C10H16N2S/c1-10(2,3)12-6-4-5-9-7-13-8-11-9/h4-5,7-8,12H,6H2,1-3H3/b5-4+. The van der Waals surface area contributed by atoms with Crippen molar-refractivity contribution in [2.24, 2.45) is 0 Å². The average molecular weight is 196 g/mol. The summed E-state index contributed by atoms with van der Waals surface area (Å²) in [5.41, 5.74) is 3.07. The van der Waals surface area contributed by atoms with Crippen molar-refractivity contribution in [3.8, 4) is 0 Å². The molecule has 1 aromatic heterocycles. The van der Waals surface area contributed by atoms with Crippen LogP contribution in [0.5, 0.6) is 0 Å². The van der Waals surface area contributed by atoms with Gasteiger partial charge in [0.2, 0.25) is 0 Å².